The average Bonchev–Trinajstić information content (AvgIpc) is 4.00. The molecule has 4 aliphatic heterocycles. The molecule has 0 radical (unpaired) electrons. The molecule has 4 atom stereocenters. The highest BCUT2D eigenvalue weighted by Gasteiger charge is 2.41. The van der Waals surface area contributed by atoms with Gasteiger partial charge < -0.3 is 29.9 Å². The number of benzene rings is 3. The van der Waals surface area contributed by atoms with Crippen molar-refractivity contribution < 1.29 is 35.9 Å². The van der Waals surface area contributed by atoms with Crippen LogP contribution in [0.3, 0.4) is 0 Å². The lowest BCUT2D eigenvalue weighted by Crippen LogP contribution is -2.54. The van der Waals surface area contributed by atoms with Crippen LogP contribution in [-0.4, -0.2) is 123 Å². The van der Waals surface area contributed by atoms with Gasteiger partial charge in [0, 0.05) is 73.3 Å². The number of para-hydroxylation sites is 1. The highest BCUT2D eigenvalue weighted by molar-refractivity contribution is 7.90. The van der Waals surface area contributed by atoms with Crippen molar-refractivity contribution in [3.05, 3.63) is 102 Å². The van der Waals surface area contributed by atoms with Gasteiger partial charge in [0.05, 0.1) is 59.0 Å². The summed E-state index contributed by atoms with van der Waals surface area (Å²) in [5.74, 6) is 1.46. The lowest BCUT2D eigenvalue weighted by Gasteiger charge is -2.35. The number of aromatic nitrogens is 4. The molecule has 10 rings (SSSR count). The second-order valence-electron chi connectivity index (χ2n) is 18.2. The number of nitrogens with zero attached hydrogens (tertiary/aromatic N) is 8. The standard InChI is InChI=1S/C47H52N10O8S2/c1-66(60,61)28-34-22-42(54-24-38-18-19-39(25-54)64-38)52-44(48-34)30-8-12-33(13-9-30)51-47(59)57(37-16-17-37)56(46(58)50-32-6-4-3-5-7-32)36-14-10-31(11-15-36)45-49-35(29-67(2,62)63)23-43(53-45)55-26-40-20-21-41(27-55)65-40/h3-15,22-23,37-41H,16-21,24-29H2,1-2H3,(H,50,58)(H,51,59). The molecule has 0 spiro atoms. The van der Waals surface area contributed by atoms with Crippen molar-refractivity contribution in [1.82, 2.24) is 24.9 Å². The second kappa shape index (κ2) is 18.1. The van der Waals surface area contributed by atoms with Gasteiger partial charge in [0.2, 0.25) is 0 Å². The lowest BCUT2D eigenvalue weighted by molar-refractivity contribution is 0.0300. The quantitative estimate of drug-likeness (QED) is 0.136. The van der Waals surface area contributed by atoms with Crippen LogP contribution >= 0.6 is 0 Å². The molecule has 18 nitrogen and oxygen atoms in total. The van der Waals surface area contributed by atoms with E-state index in [4.69, 9.17) is 19.4 Å². The van der Waals surface area contributed by atoms with E-state index in [1.807, 2.05) is 6.07 Å². The Morgan fingerprint density at radius 1 is 0.582 bits per heavy atom. The summed E-state index contributed by atoms with van der Waals surface area (Å²) in [6.07, 6.45) is 7.94. The van der Waals surface area contributed by atoms with Gasteiger partial charge in [-0.15, -0.1) is 0 Å². The third-order valence-electron chi connectivity index (χ3n) is 12.4. The van der Waals surface area contributed by atoms with Crippen LogP contribution < -0.4 is 25.4 Å². The monoisotopic (exact) mass is 948 g/mol. The van der Waals surface area contributed by atoms with Crippen LogP contribution in [0.15, 0.2) is 91.0 Å². The smallest absolute Gasteiger partial charge is 0.345 e. The third-order valence-corrected chi connectivity index (χ3v) is 14.0. The molecule has 4 unspecified atom stereocenters. The van der Waals surface area contributed by atoms with E-state index < -0.39 is 31.7 Å². The average molecular weight is 949 g/mol. The van der Waals surface area contributed by atoms with Gasteiger partial charge in [-0.05, 0) is 99.2 Å². The van der Waals surface area contributed by atoms with Crippen molar-refractivity contribution in [3.63, 3.8) is 0 Å². The molecule has 5 aromatic rings. The number of amides is 4. The number of rotatable bonds is 12. The van der Waals surface area contributed by atoms with E-state index in [1.54, 1.807) is 84.9 Å². The van der Waals surface area contributed by atoms with Crippen LogP contribution in [0.25, 0.3) is 22.8 Å². The highest BCUT2D eigenvalue weighted by Crippen LogP contribution is 2.36. The summed E-state index contributed by atoms with van der Waals surface area (Å²) in [5, 5.41) is 8.68. The van der Waals surface area contributed by atoms with Crippen LogP contribution in [0.1, 0.15) is 49.9 Å². The maximum atomic E-state index is 14.5. The molecule has 6 heterocycles. The third kappa shape index (κ3) is 10.7. The first-order chi connectivity index (χ1) is 32.1. The highest BCUT2D eigenvalue weighted by atomic mass is 32.2. The van der Waals surface area contributed by atoms with E-state index in [2.05, 4.69) is 30.4 Å². The number of fused-ring (bicyclic) bond motifs is 4. The van der Waals surface area contributed by atoms with Crippen molar-refractivity contribution in [1.29, 1.82) is 0 Å². The molecule has 4 bridgehead atoms. The van der Waals surface area contributed by atoms with Crippen LogP contribution in [-0.2, 0) is 40.7 Å². The van der Waals surface area contributed by atoms with E-state index in [0.29, 0.717) is 102 Å². The summed E-state index contributed by atoms with van der Waals surface area (Å²) in [7, 11) is -6.81. The molecule has 5 fully saturated rings. The molecule has 20 heteroatoms. The predicted octanol–water partition coefficient (Wildman–Crippen LogP) is 6.08. The maximum Gasteiger partial charge on any atom is 0.345 e. The number of nitrogens with one attached hydrogen (secondary N) is 2. The largest absolute Gasteiger partial charge is 0.371 e. The molecule has 3 aromatic carbocycles. The number of sulfone groups is 2. The first-order valence-electron chi connectivity index (χ1n) is 22.5. The summed E-state index contributed by atoms with van der Waals surface area (Å²) in [6.45, 7) is 2.60. The van der Waals surface area contributed by atoms with Crippen molar-refractivity contribution >= 4 is 60.4 Å². The molecule has 2 aromatic heterocycles. The van der Waals surface area contributed by atoms with Gasteiger partial charge in [0.15, 0.2) is 31.3 Å². The molecule has 4 amide bonds. The number of carbonyl (C=O) groups is 2. The minimum Gasteiger partial charge on any atom is -0.371 e. The fourth-order valence-corrected chi connectivity index (χ4v) is 10.6. The number of anilines is 5. The van der Waals surface area contributed by atoms with Crippen LogP contribution in [0, 0.1) is 0 Å². The number of hydrogen-bond acceptors (Lipinski definition) is 14. The Balaban J connectivity index is 0.927. The summed E-state index contributed by atoms with van der Waals surface area (Å²) in [4.78, 5) is 52.2. The first kappa shape index (κ1) is 44.6. The maximum absolute atomic E-state index is 14.5. The summed E-state index contributed by atoms with van der Waals surface area (Å²) < 4.78 is 61.8. The lowest BCUT2D eigenvalue weighted by atomic mass is 10.1. The van der Waals surface area contributed by atoms with Crippen molar-refractivity contribution in [2.24, 2.45) is 0 Å². The fourth-order valence-electron chi connectivity index (χ4n) is 9.25. The number of urea groups is 2. The number of carbonyl (C=O) groups excluding carboxylic acids is 2. The molecule has 5 aliphatic rings. The number of hydrazine groups is 1. The molecular formula is C47H52N10O8S2. The summed E-state index contributed by atoms with van der Waals surface area (Å²) >= 11 is 0. The van der Waals surface area contributed by atoms with E-state index in [9.17, 15) is 26.4 Å². The van der Waals surface area contributed by atoms with Gasteiger partial charge in [-0.2, -0.15) is 5.01 Å². The second-order valence-corrected chi connectivity index (χ2v) is 22.5. The van der Waals surface area contributed by atoms with Crippen molar-refractivity contribution in [2.45, 2.75) is 80.5 Å². The topological polar surface area (TPSA) is 209 Å². The predicted molar refractivity (Wildman–Crippen MR) is 254 cm³/mol. The van der Waals surface area contributed by atoms with E-state index in [1.165, 1.54) is 22.5 Å². The summed E-state index contributed by atoms with van der Waals surface area (Å²) in [6, 6.07) is 25.0. The summed E-state index contributed by atoms with van der Waals surface area (Å²) in [5.41, 5.74) is 3.36. The zero-order chi connectivity index (χ0) is 46.5. The Labute approximate surface area is 389 Å². The first-order valence-corrected chi connectivity index (χ1v) is 26.7. The van der Waals surface area contributed by atoms with Gasteiger partial charge in [-0.3, -0.25) is 0 Å². The zero-order valence-electron chi connectivity index (χ0n) is 37.2. The minimum absolute atomic E-state index is 0.0887. The molecule has 1 saturated carbocycles. The molecule has 1 aliphatic carbocycles. The molecular weight excluding hydrogens is 897 g/mol. The molecule has 350 valence electrons. The van der Waals surface area contributed by atoms with Gasteiger partial charge in [-0.1, -0.05) is 18.2 Å². The SMILES string of the molecule is CS(=O)(=O)Cc1cc(N2CC3CCC(C2)O3)nc(-c2ccc(NC(=O)N(C3CC3)N(C(=O)Nc3ccccc3)c3ccc(-c4nc(CS(C)(=O)=O)cc(N5CC6CCC(C5)O6)n4)cc3)cc2)n1. The van der Waals surface area contributed by atoms with Gasteiger partial charge in [0.1, 0.15) is 11.6 Å². The van der Waals surface area contributed by atoms with Crippen LogP contribution in [0.2, 0.25) is 0 Å². The van der Waals surface area contributed by atoms with E-state index in [-0.39, 0.29) is 42.0 Å². The Hall–Kier alpha value is -6.22. The number of morpholine rings is 2. The normalized spacial score (nSPS) is 21.2. The van der Waals surface area contributed by atoms with Crippen LogP contribution in [0.4, 0.5) is 38.3 Å². The Bertz CT molecular complexity index is 2870. The number of hydrogen-bond donors (Lipinski definition) is 2. The zero-order valence-corrected chi connectivity index (χ0v) is 38.8. The van der Waals surface area contributed by atoms with Gasteiger partial charge in [0.25, 0.3) is 0 Å². The van der Waals surface area contributed by atoms with Gasteiger partial charge >= 0.3 is 12.1 Å². The Morgan fingerprint density at radius 2 is 1.01 bits per heavy atom. The Kier molecular flexibility index (Phi) is 12.1. The van der Waals surface area contributed by atoms with Gasteiger partial charge in [-0.25, -0.2) is 51.4 Å². The molecule has 2 N–H and O–H groups in total. The van der Waals surface area contributed by atoms with E-state index in [0.717, 1.165) is 25.7 Å². The molecule has 67 heavy (non-hydrogen) atoms. The van der Waals surface area contributed by atoms with Crippen LogP contribution in [0.5, 0.6) is 0 Å². The van der Waals surface area contributed by atoms with Crippen molar-refractivity contribution in [2.75, 3.05) is 64.1 Å². The fraction of sp³-hybridized carbons (Fsp3) is 0.404. The number of ether oxygens (including phenoxy) is 2. The molecule has 4 saturated heterocycles. The van der Waals surface area contributed by atoms with Crippen molar-refractivity contribution in [3.8, 4) is 22.8 Å². The van der Waals surface area contributed by atoms with E-state index >= 15 is 0 Å². The minimum atomic E-state index is -3.42. The Morgan fingerprint density at radius 3 is 1.46 bits per heavy atom.